The first-order valence-corrected chi connectivity index (χ1v) is 14.1. The van der Waals surface area contributed by atoms with E-state index in [9.17, 15) is 22.0 Å². The number of hydrogen-bond acceptors (Lipinski definition) is 6. The molecule has 36 heavy (non-hydrogen) atoms. The van der Waals surface area contributed by atoms with E-state index < -0.39 is 22.4 Å². The minimum atomic E-state index is -3.07. The molecule has 3 rings (SSSR count). The summed E-state index contributed by atoms with van der Waals surface area (Å²) < 4.78 is 55.9. The highest BCUT2D eigenvalue weighted by Crippen LogP contribution is 2.32. The van der Waals surface area contributed by atoms with Crippen molar-refractivity contribution in [2.45, 2.75) is 71.7 Å². The minimum Gasteiger partial charge on any atom is -0.431 e. The van der Waals surface area contributed by atoms with Crippen LogP contribution in [0.3, 0.4) is 0 Å². The number of sulfone groups is 1. The standard InChI is InChI=1S/C24H33ClF2N4O4S/c1-14-30-19(22(32)29-12-15-6-8-17(9-7-15)36(5,33)34)20(25)31(14)21-18(35-23(26)27)10-16(13-28-21)11-24(2,3)4/h10,13,15,17,23H,6-9,11-12H2,1-5H3,(H,29,32). The van der Waals surface area contributed by atoms with Crippen LogP contribution < -0.4 is 10.1 Å². The fraction of sp³-hybridized carbons (Fsp3) is 0.625. The van der Waals surface area contributed by atoms with Gasteiger partial charge >= 0.3 is 6.61 Å². The third kappa shape index (κ3) is 7.15. The molecule has 0 aliphatic heterocycles. The highest BCUT2D eigenvalue weighted by molar-refractivity contribution is 7.91. The molecule has 0 saturated heterocycles. The van der Waals surface area contributed by atoms with Gasteiger partial charge in [-0.25, -0.2) is 18.4 Å². The van der Waals surface area contributed by atoms with Gasteiger partial charge in [0, 0.05) is 19.0 Å². The predicted octanol–water partition coefficient (Wildman–Crippen LogP) is 4.75. The zero-order valence-electron chi connectivity index (χ0n) is 21.1. The zero-order valence-corrected chi connectivity index (χ0v) is 22.7. The predicted molar refractivity (Wildman–Crippen MR) is 134 cm³/mol. The number of imidazole rings is 1. The van der Waals surface area contributed by atoms with Crippen LogP contribution in [0.15, 0.2) is 12.3 Å². The van der Waals surface area contributed by atoms with Gasteiger partial charge in [0.2, 0.25) is 0 Å². The number of amides is 1. The number of carbonyl (C=O) groups excluding carboxylic acids is 1. The molecule has 2 aromatic heterocycles. The molecule has 2 heterocycles. The molecule has 1 saturated carbocycles. The Hall–Kier alpha value is -2.27. The monoisotopic (exact) mass is 546 g/mol. The number of pyridine rings is 1. The second-order valence-electron chi connectivity index (χ2n) is 10.6. The first-order valence-electron chi connectivity index (χ1n) is 11.8. The van der Waals surface area contributed by atoms with Gasteiger partial charge in [-0.2, -0.15) is 8.78 Å². The molecule has 0 atom stereocenters. The Morgan fingerprint density at radius 2 is 1.92 bits per heavy atom. The number of alkyl halides is 2. The van der Waals surface area contributed by atoms with E-state index in [0.29, 0.717) is 38.6 Å². The van der Waals surface area contributed by atoms with E-state index in [4.69, 9.17) is 16.3 Å². The van der Waals surface area contributed by atoms with Crippen molar-refractivity contribution < 1.29 is 26.7 Å². The zero-order chi connectivity index (χ0) is 26.8. The van der Waals surface area contributed by atoms with Gasteiger partial charge in [0.25, 0.3) is 5.91 Å². The average molecular weight is 547 g/mol. The Kier molecular flexibility index (Phi) is 8.65. The molecular weight excluding hydrogens is 514 g/mol. The van der Waals surface area contributed by atoms with Crippen molar-refractivity contribution in [3.8, 4) is 11.6 Å². The Bertz CT molecular complexity index is 1200. The Labute approximate surface area is 215 Å². The molecule has 1 fully saturated rings. The molecule has 0 radical (unpaired) electrons. The SMILES string of the molecule is Cc1nc(C(=O)NCC2CCC(S(C)(=O)=O)CC2)c(Cl)n1-c1ncc(CC(C)(C)C)cc1OC(F)F. The summed E-state index contributed by atoms with van der Waals surface area (Å²) >= 11 is 6.49. The normalized spacial score (nSPS) is 18.9. The second kappa shape index (κ2) is 11.0. The summed E-state index contributed by atoms with van der Waals surface area (Å²) in [7, 11) is -3.06. The maximum atomic E-state index is 13.2. The maximum Gasteiger partial charge on any atom is 0.387 e. The first kappa shape index (κ1) is 28.3. The van der Waals surface area contributed by atoms with Crippen LogP contribution in [0.2, 0.25) is 5.15 Å². The minimum absolute atomic E-state index is 0.0149. The van der Waals surface area contributed by atoms with Crippen LogP contribution in [0.4, 0.5) is 8.78 Å². The van der Waals surface area contributed by atoms with Gasteiger partial charge < -0.3 is 10.1 Å². The molecule has 0 bridgehead atoms. The molecule has 0 unspecified atom stereocenters. The van der Waals surface area contributed by atoms with Crippen LogP contribution in [-0.4, -0.2) is 53.5 Å². The molecule has 0 spiro atoms. The van der Waals surface area contributed by atoms with E-state index in [0.717, 1.165) is 5.56 Å². The lowest BCUT2D eigenvalue weighted by Crippen LogP contribution is -2.34. The molecule has 1 aliphatic carbocycles. The molecule has 1 amide bonds. The van der Waals surface area contributed by atoms with Crippen molar-refractivity contribution in [1.82, 2.24) is 19.9 Å². The molecule has 2 aromatic rings. The Morgan fingerprint density at radius 3 is 2.47 bits per heavy atom. The second-order valence-corrected chi connectivity index (χ2v) is 13.3. The lowest BCUT2D eigenvalue weighted by Gasteiger charge is -2.27. The Morgan fingerprint density at radius 1 is 1.28 bits per heavy atom. The number of ether oxygens (including phenoxy) is 1. The van der Waals surface area contributed by atoms with Gasteiger partial charge in [0.15, 0.2) is 17.3 Å². The highest BCUT2D eigenvalue weighted by Gasteiger charge is 2.29. The van der Waals surface area contributed by atoms with Crippen LogP contribution in [-0.2, 0) is 16.3 Å². The quantitative estimate of drug-likeness (QED) is 0.512. The number of hydrogen-bond donors (Lipinski definition) is 1. The fourth-order valence-electron chi connectivity index (χ4n) is 4.52. The van der Waals surface area contributed by atoms with Gasteiger partial charge in [-0.1, -0.05) is 32.4 Å². The van der Waals surface area contributed by atoms with Gasteiger partial charge in [-0.15, -0.1) is 0 Å². The first-order chi connectivity index (χ1) is 16.7. The highest BCUT2D eigenvalue weighted by atomic mass is 35.5. The topological polar surface area (TPSA) is 103 Å². The van der Waals surface area contributed by atoms with Crippen molar-refractivity contribution in [2.75, 3.05) is 12.8 Å². The van der Waals surface area contributed by atoms with Crippen LogP contribution in [0.1, 0.15) is 68.3 Å². The summed E-state index contributed by atoms with van der Waals surface area (Å²) in [6.45, 7) is 4.94. The van der Waals surface area contributed by atoms with Crippen molar-refractivity contribution in [2.24, 2.45) is 11.3 Å². The van der Waals surface area contributed by atoms with E-state index in [1.807, 2.05) is 20.8 Å². The van der Waals surface area contributed by atoms with Gasteiger partial charge in [0.05, 0.1) is 5.25 Å². The van der Waals surface area contributed by atoms with E-state index in [1.54, 1.807) is 13.1 Å². The molecule has 1 aliphatic rings. The summed E-state index contributed by atoms with van der Waals surface area (Å²) in [6, 6.07) is 1.50. The molecular formula is C24H33ClF2N4O4S. The van der Waals surface area contributed by atoms with Crippen molar-refractivity contribution in [3.05, 3.63) is 34.5 Å². The average Bonchev–Trinajstić information content (AvgIpc) is 3.04. The van der Waals surface area contributed by atoms with E-state index in [2.05, 4.69) is 15.3 Å². The van der Waals surface area contributed by atoms with E-state index >= 15 is 0 Å². The number of carbonyl (C=O) groups is 1. The number of aryl methyl sites for hydroxylation is 1. The number of nitrogens with one attached hydrogen (secondary N) is 1. The van der Waals surface area contributed by atoms with Crippen LogP contribution in [0, 0.1) is 18.3 Å². The number of aromatic nitrogens is 3. The van der Waals surface area contributed by atoms with Gasteiger partial charge in [-0.05, 0) is 62.0 Å². The van der Waals surface area contributed by atoms with Crippen LogP contribution >= 0.6 is 11.6 Å². The van der Waals surface area contributed by atoms with Gasteiger partial charge in [-0.3, -0.25) is 9.36 Å². The van der Waals surface area contributed by atoms with Crippen LogP contribution in [0.5, 0.6) is 5.75 Å². The lowest BCUT2D eigenvalue weighted by atomic mass is 9.89. The molecule has 1 N–H and O–H groups in total. The number of nitrogens with zero attached hydrogens (tertiary/aromatic N) is 3. The third-order valence-electron chi connectivity index (χ3n) is 6.21. The largest absolute Gasteiger partial charge is 0.431 e. The van der Waals surface area contributed by atoms with Crippen molar-refractivity contribution in [3.63, 3.8) is 0 Å². The fourth-order valence-corrected chi connectivity index (χ4v) is 5.98. The number of halogens is 3. The summed E-state index contributed by atoms with van der Waals surface area (Å²) in [5.74, 6) is -0.219. The summed E-state index contributed by atoms with van der Waals surface area (Å²) in [5.41, 5.74) is 0.574. The molecule has 12 heteroatoms. The molecule has 200 valence electrons. The summed E-state index contributed by atoms with van der Waals surface area (Å²) in [6.07, 6.45) is 5.94. The summed E-state index contributed by atoms with van der Waals surface area (Å²) in [4.78, 5) is 21.4. The molecule has 8 nitrogen and oxygen atoms in total. The van der Waals surface area contributed by atoms with E-state index in [-0.39, 0.29) is 44.8 Å². The third-order valence-corrected chi connectivity index (χ3v) is 8.24. The van der Waals surface area contributed by atoms with Crippen molar-refractivity contribution in [1.29, 1.82) is 0 Å². The maximum absolute atomic E-state index is 13.2. The summed E-state index contributed by atoms with van der Waals surface area (Å²) in [5, 5.41) is 2.42. The Balaban J connectivity index is 1.79. The van der Waals surface area contributed by atoms with Crippen molar-refractivity contribution >= 4 is 27.3 Å². The number of rotatable bonds is 8. The van der Waals surface area contributed by atoms with Crippen LogP contribution in [0.25, 0.3) is 5.82 Å². The smallest absolute Gasteiger partial charge is 0.387 e. The van der Waals surface area contributed by atoms with E-state index in [1.165, 1.54) is 16.9 Å². The van der Waals surface area contributed by atoms with Gasteiger partial charge in [0.1, 0.15) is 20.8 Å². The molecule has 0 aromatic carbocycles. The lowest BCUT2D eigenvalue weighted by molar-refractivity contribution is -0.0501.